The second-order valence-corrected chi connectivity index (χ2v) is 9.90. The van der Waals surface area contributed by atoms with Gasteiger partial charge >= 0.3 is 6.18 Å². The minimum Gasteiger partial charge on any atom is -0.352 e. The molecule has 0 unspecified atom stereocenters. The molecule has 1 heterocycles. The van der Waals surface area contributed by atoms with Gasteiger partial charge in [0.15, 0.2) is 0 Å². The summed E-state index contributed by atoms with van der Waals surface area (Å²) in [5, 5.41) is 3.07. The number of sulfonamides is 1. The summed E-state index contributed by atoms with van der Waals surface area (Å²) in [5.74, 6) is -1.15. The van der Waals surface area contributed by atoms with Crippen molar-refractivity contribution in [3.8, 4) is 0 Å². The molecule has 1 saturated heterocycles. The molecule has 31 heavy (non-hydrogen) atoms. The van der Waals surface area contributed by atoms with E-state index in [1.807, 2.05) is 0 Å². The zero-order chi connectivity index (χ0) is 22.6. The first kappa shape index (κ1) is 23.6. The van der Waals surface area contributed by atoms with Gasteiger partial charge in [-0.3, -0.25) is 4.79 Å². The highest BCUT2D eigenvalue weighted by atomic mass is 35.5. The SMILES string of the molecule is O=C(NCc1cccc(C(F)(F)F)c1)[C@@H]1CCCN(S(=O)(=O)Cc2cccc(Cl)c2)C1. The number of rotatable bonds is 6. The molecule has 0 spiro atoms. The largest absolute Gasteiger partial charge is 0.416 e. The summed E-state index contributed by atoms with van der Waals surface area (Å²) in [6.07, 6.45) is -3.42. The van der Waals surface area contributed by atoms with Gasteiger partial charge in [-0.05, 0) is 48.2 Å². The van der Waals surface area contributed by atoms with Crippen molar-refractivity contribution < 1.29 is 26.4 Å². The average Bonchev–Trinajstić information content (AvgIpc) is 2.71. The van der Waals surface area contributed by atoms with Gasteiger partial charge in [0.2, 0.25) is 15.9 Å². The number of nitrogens with zero attached hydrogens (tertiary/aromatic N) is 1. The normalized spacial score (nSPS) is 18.0. The summed E-state index contributed by atoms with van der Waals surface area (Å²) in [6.45, 7) is 0.298. The second-order valence-electron chi connectivity index (χ2n) is 7.50. The van der Waals surface area contributed by atoms with Crippen molar-refractivity contribution in [2.45, 2.75) is 31.3 Å². The molecule has 0 aliphatic carbocycles. The highest BCUT2D eigenvalue weighted by Gasteiger charge is 2.33. The van der Waals surface area contributed by atoms with Crippen LogP contribution >= 0.6 is 11.6 Å². The Morgan fingerprint density at radius 1 is 1.13 bits per heavy atom. The van der Waals surface area contributed by atoms with Crippen molar-refractivity contribution in [1.29, 1.82) is 0 Å². The number of carbonyl (C=O) groups is 1. The Morgan fingerprint density at radius 2 is 1.84 bits per heavy atom. The van der Waals surface area contributed by atoms with Crippen LogP contribution in [0.25, 0.3) is 0 Å². The third kappa shape index (κ3) is 6.44. The minimum atomic E-state index is -4.46. The molecule has 2 aromatic carbocycles. The number of hydrogen-bond donors (Lipinski definition) is 1. The Bertz CT molecular complexity index is 1040. The van der Waals surface area contributed by atoms with Gasteiger partial charge in [-0.25, -0.2) is 12.7 Å². The molecule has 3 rings (SSSR count). The molecule has 0 aromatic heterocycles. The van der Waals surface area contributed by atoms with Crippen LogP contribution in [0.15, 0.2) is 48.5 Å². The second kappa shape index (κ2) is 9.58. The van der Waals surface area contributed by atoms with E-state index in [2.05, 4.69) is 5.32 Å². The van der Waals surface area contributed by atoms with Gasteiger partial charge < -0.3 is 5.32 Å². The molecule has 168 valence electrons. The van der Waals surface area contributed by atoms with Crippen LogP contribution in [0.4, 0.5) is 13.2 Å². The first-order valence-corrected chi connectivity index (χ1v) is 11.7. The number of halogens is 4. The maximum absolute atomic E-state index is 12.8. The molecule has 1 amide bonds. The van der Waals surface area contributed by atoms with Crippen LogP contribution in [0.3, 0.4) is 0 Å². The highest BCUT2D eigenvalue weighted by molar-refractivity contribution is 7.88. The smallest absolute Gasteiger partial charge is 0.352 e. The molecule has 0 saturated carbocycles. The number of carbonyl (C=O) groups excluding carboxylic acids is 1. The Balaban J connectivity index is 1.60. The van der Waals surface area contributed by atoms with E-state index in [0.717, 1.165) is 12.1 Å². The molecule has 1 atom stereocenters. The number of piperidine rings is 1. The van der Waals surface area contributed by atoms with Crippen molar-refractivity contribution in [3.63, 3.8) is 0 Å². The van der Waals surface area contributed by atoms with Gasteiger partial charge in [-0.1, -0.05) is 35.9 Å². The van der Waals surface area contributed by atoms with E-state index >= 15 is 0 Å². The monoisotopic (exact) mass is 474 g/mol. The van der Waals surface area contributed by atoms with Crippen molar-refractivity contribution in [1.82, 2.24) is 9.62 Å². The lowest BCUT2D eigenvalue weighted by Gasteiger charge is -2.31. The topological polar surface area (TPSA) is 66.5 Å². The van der Waals surface area contributed by atoms with Crippen LogP contribution in [0.1, 0.15) is 29.5 Å². The molecular formula is C21H22ClF3N2O3S. The third-order valence-corrected chi connectivity index (χ3v) is 7.16. The van der Waals surface area contributed by atoms with E-state index in [0.29, 0.717) is 35.5 Å². The zero-order valence-corrected chi connectivity index (χ0v) is 18.1. The summed E-state index contributed by atoms with van der Waals surface area (Å²) in [7, 11) is -3.64. The summed E-state index contributed by atoms with van der Waals surface area (Å²) >= 11 is 5.92. The molecule has 1 aliphatic rings. The first-order valence-electron chi connectivity index (χ1n) is 9.71. The number of nitrogens with one attached hydrogen (secondary N) is 1. The maximum atomic E-state index is 12.8. The van der Waals surface area contributed by atoms with Gasteiger partial charge in [0.1, 0.15) is 0 Å². The Kier molecular flexibility index (Phi) is 7.28. The van der Waals surface area contributed by atoms with Crippen LogP contribution in [0.2, 0.25) is 5.02 Å². The fourth-order valence-corrected chi connectivity index (χ4v) is 5.34. The number of alkyl halides is 3. The van der Waals surface area contributed by atoms with Crippen LogP contribution < -0.4 is 5.32 Å². The molecule has 1 aliphatic heterocycles. The quantitative estimate of drug-likeness (QED) is 0.681. The van der Waals surface area contributed by atoms with Crippen molar-refractivity contribution in [2.24, 2.45) is 5.92 Å². The summed E-state index contributed by atoms with van der Waals surface area (Å²) in [5.41, 5.74) is 0.100. The fourth-order valence-electron chi connectivity index (χ4n) is 3.53. The third-order valence-electron chi connectivity index (χ3n) is 5.11. The molecule has 5 nitrogen and oxygen atoms in total. The number of hydrogen-bond acceptors (Lipinski definition) is 3. The summed E-state index contributed by atoms with van der Waals surface area (Å²) in [6, 6.07) is 11.3. The fraction of sp³-hybridized carbons (Fsp3) is 0.381. The molecule has 10 heteroatoms. The first-order chi connectivity index (χ1) is 14.5. The standard InChI is InChI=1S/C21H22ClF3N2O3S/c22-19-8-2-5-16(11-19)14-31(29,30)27-9-3-6-17(13-27)20(28)26-12-15-4-1-7-18(10-15)21(23,24)25/h1-2,4-5,7-8,10-11,17H,3,6,9,12-14H2,(H,26,28)/t17-/m1/s1. The van der Waals surface area contributed by atoms with Gasteiger partial charge in [-0.15, -0.1) is 0 Å². The van der Waals surface area contributed by atoms with Crippen LogP contribution in [0.5, 0.6) is 0 Å². The van der Waals surface area contributed by atoms with E-state index in [4.69, 9.17) is 11.6 Å². The van der Waals surface area contributed by atoms with Gasteiger partial charge in [-0.2, -0.15) is 13.2 Å². The van der Waals surface area contributed by atoms with E-state index < -0.39 is 27.7 Å². The predicted molar refractivity (Wildman–Crippen MR) is 112 cm³/mol. The highest BCUT2D eigenvalue weighted by Crippen LogP contribution is 2.29. The predicted octanol–water partition coefficient (Wildman–Crippen LogP) is 4.22. The molecule has 1 fully saturated rings. The van der Waals surface area contributed by atoms with E-state index in [1.165, 1.54) is 16.4 Å². The van der Waals surface area contributed by atoms with Gasteiger partial charge in [0.05, 0.1) is 17.2 Å². The molecule has 1 N–H and O–H groups in total. The van der Waals surface area contributed by atoms with Gasteiger partial charge in [0.25, 0.3) is 0 Å². The van der Waals surface area contributed by atoms with E-state index in [-0.39, 0.29) is 24.7 Å². The Morgan fingerprint density at radius 3 is 2.55 bits per heavy atom. The van der Waals surface area contributed by atoms with Crippen molar-refractivity contribution >= 4 is 27.5 Å². The van der Waals surface area contributed by atoms with Crippen LogP contribution in [-0.4, -0.2) is 31.7 Å². The Hall–Kier alpha value is -2.10. The summed E-state index contributed by atoms with van der Waals surface area (Å²) < 4.78 is 65.4. The lowest BCUT2D eigenvalue weighted by atomic mass is 9.98. The average molecular weight is 475 g/mol. The Labute approximate surface area is 184 Å². The maximum Gasteiger partial charge on any atom is 0.416 e. The van der Waals surface area contributed by atoms with E-state index in [9.17, 15) is 26.4 Å². The van der Waals surface area contributed by atoms with Crippen LogP contribution in [-0.2, 0) is 33.3 Å². The van der Waals surface area contributed by atoms with Crippen molar-refractivity contribution in [2.75, 3.05) is 13.1 Å². The molecular weight excluding hydrogens is 453 g/mol. The van der Waals surface area contributed by atoms with E-state index in [1.54, 1.807) is 24.3 Å². The zero-order valence-electron chi connectivity index (χ0n) is 16.5. The minimum absolute atomic E-state index is 0.0390. The number of amides is 1. The lowest BCUT2D eigenvalue weighted by Crippen LogP contribution is -2.45. The molecule has 2 aromatic rings. The molecule has 0 bridgehead atoms. The van der Waals surface area contributed by atoms with Crippen molar-refractivity contribution in [3.05, 3.63) is 70.2 Å². The molecule has 0 radical (unpaired) electrons. The number of benzene rings is 2. The van der Waals surface area contributed by atoms with Crippen LogP contribution in [0, 0.1) is 5.92 Å². The lowest BCUT2D eigenvalue weighted by molar-refractivity contribution is -0.137. The summed E-state index contributed by atoms with van der Waals surface area (Å²) in [4.78, 5) is 12.6. The van der Waals surface area contributed by atoms with Gasteiger partial charge in [0, 0.05) is 24.7 Å².